The van der Waals surface area contributed by atoms with Gasteiger partial charge in [0.1, 0.15) is 5.69 Å². The first-order valence-electron chi connectivity index (χ1n) is 6.58. The number of fused-ring (bicyclic) bond motifs is 1. The molecule has 1 aromatic heterocycles. The summed E-state index contributed by atoms with van der Waals surface area (Å²) in [6.45, 7) is 2.63. The van der Waals surface area contributed by atoms with Gasteiger partial charge in [0.25, 0.3) is 0 Å². The largest absolute Gasteiger partial charge is 0.383 e. The maximum atomic E-state index is 13.5. The second-order valence-electron chi connectivity index (χ2n) is 4.97. The molecule has 0 aliphatic carbocycles. The molecule has 0 amide bonds. The predicted octanol–water partition coefficient (Wildman–Crippen LogP) is 2.11. The van der Waals surface area contributed by atoms with Gasteiger partial charge in [0.05, 0.1) is 12.7 Å². The maximum absolute atomic E-state index is 13.5. The van der Waals surface area contributed by atoms with E-state index in [-0.39, 0.29) is 5.28 Å². The van der Waals surface area contributed by atoms with Crippen molar-refractivity contribution >= 4 is 11.6 Å². The normalized spacial score (nSPS) is 23.1. The summed E-state index contributed by atoms with van der Waals surface area (Å²) in [4.78, 5) is 10.0. The highest BCUT2D eigenvalue weighted by molar-refractivity contribution is 6.28. The lowest BCUT2D eigenvalue weighted by Gasteiger charge is -2.28. The predicted molar refractivity (Wildman–Crippen MR) is 71.1 cm³/mol. The van der Waals surface area contributed by atoms with Crippen LogP contribution in [0.25, 0.3) is 0 Å². The molecular formula is C13H16ClFN4. The summed E-state index contributed by atoms with van der Waals surface area (Å²) in [5.41, 5.74) is 1.49. The van der Waals surface area contributed by atoms with Crippen LogP contribution in [0.1, 0.15) is 25.0 Å². The van der Waals surface area contributed by atoms with Gasteiger partial charge in [0.2, 0.25) is 5.28 Å². The van der Waals surface area contributed by atoms with Crippen LogP contribution < -0.4 is 5.32 Å². The van der Waals surface area contributed by atoms with Gasteiger partial charge in [-0.25, -0.2) is 14.4 Å². The van der Waals surface area contributed by atoms with Gasteiger partial charge in [-0.2, -0.15) is 0 Å². The molecule has 3 rings (SSSR count). The van der Waals surface area contributed by atoms with Crippen LogP contribution in [0, 0.1) is 5.82 Å². The topological polar surface area (TPSA) is 41.1 Å². The molecular weight excluding hydrogens is 267 g/mol. The summed E-state index contributed by atoms with van der Waals surface area (Å²) in [6, 6.07) is 0.551. The van der Waals surface area contributed by atoms with Gasteiger partial charge < -0.3 is 5.32 Å². The molecule has 0 bridgehead atoms. The van der Waals surface area contributed by atoms with Crippen molar-refractivity contribution in [2.24, 2.45) is 0 Å². The number of nitrogens with one attached hydrogen (secondary N) is 1. The van der Waals surface area contributed by atoms with E-state index in [4.69, 9.17) is 11.6 Å². The molecule has 1 aromatic rings. The number of aromatic nitrogens is 2. The van der Waals surface area contributed by atoms with Crippen molar-refractivity contribution in [3.05, 3.63) is 34.8 Å². The highest BCUT2D eigenvalue weighted by atomic mass is 35.5. The summed E-state index contributed by atoms with van der Waals surface area (Å²) in [5.74, 6) is -0.421. The zero-order valence-corrected chi connectivity index (χ0v) is 11.3. The van der Waals surface area contributed by atoms with Gasteiger partial charge in [0, 0.05) is 18.3 Å². The molecule has 3 heterocycles. The fraction of sp³-hybridized carbons (Fsp3) is 0.538. The van der Waals surface area contributed by atoms with E-state index in [1.165, 1.54) is 25.1 Å². The van der Waals surface area contributed by atoms with Crippen molar-refractivity contribution in [3.8, 4) is 0 Å². The van der Waals surface area contributed by atoms with Gasteiger partial charge in [-0.3, -0.25) is 4.90 Å². The minimum Gasteiger partial charge on any atom is -0.383 e. The molecule has 0 radical (unpaired) electrons. The fourth-order valence-electron chi connectivity index (χ4n) is 2.74. The van der Waals surface area contributed by atoms with Crippen molar-refractivity contribution in [2.45, 2.75) is 31.8 Å². The third-order valence-corrected chi connectivity index (χ3v) is 3.93. The molecule has 4 nitrogen and oxygen atoms in total. The van der Waals surface area contributed by atoms with Crippen molar-refractivity contribution in [2.75, 3.05) is 13.1 Å². The molecule has 6 heteroatoms. The van der Waals surface area contributed by atoms with Crippen molar-refractivity contribution < 1.29 is 4.39 Å². The van der Waals surface area contributed by atoms with Crippen LogP contribution in [0.2, 0.25) is 5.28 Å². The Balaban J connectivity index is 1.64. The van der Waals surface area contributed by atoms with Crippen LogP contribution in [-0.4, -0.2) is 34.0 Å². The minimum absolute atomic E-state index is 0.0813. The number of hydrogen-bond donors (Lipinski definition) is 1. The molecule has 0 aromatic carbocycles. The summed E-state index contributed by atoms with van der Waals surface area (Å²) in [7, 11) is 0. The Kier molecular flexibility index (Phi) is 3.66. The standard InChI is InChI=1S/C13H16ClFN4/c14-13-17-7-11(15)12(18-13)8-16-9-3-5-19-4-1-2-10(19)6-9/h6-7,10,16H,1-5,8H2. The van der Waals surface area contributed by atoms with Crippen LogP contribution in [0.4, 0.5) is 4.39 Å². The second-order valence-corrected chi connectivity index (χ2v) is 5.31. The zero-order valence-electron chi connectivity index (χ0n) is 10.6. The Morgan fingerprint density at radius 3 is 3.26 bits per heavy atom. The smallest absolute Gasteiger partial charge is 0.222 e. The van der Waals surface area contributed by atoms with E-state index in [9.17, 15) is 4.39 Å². The average Bonchev–Trinajstić information content (AvgIpc) is 2.87. The Labute approximate surface area is 116 Å². The average molecular weight is 283 g/mol. The van der Waals surface area contributed by atoms with Crippen molar-refractivity contribution in [3.63, 3.8) is 0 Å². The van der Waals surface area contributed by atoms with Crippen molar-refractivity contribution in [1.82, 2.24) is 20.2 Å². The van der Waals surface area contributed by atoms with Crippen LogP contribution in [0.5, 0.6) is 0 Å². The van der Waals surface area contributed by atoms with E-state index in [0.29, 0.717) is 18.3 Å². The molecule has 0 saturated carbocycles. The molecule has 1 saturated heterocycles. The molecule has 1 fully saturated rings. The van der Waals surface area contributed by atoms with Crippen LogP contribution in [0.15, 0.2) is 18.0 Å². The first kappa shape index (κ1) is 12.8. The SMILES string of the molecule is Fc1cnc(Cl)nc1CNC1=CC2CCCN2CC1. The highest BCUT2D eigenvalue weighted by Gasteiger charge is 2.26. The van der Waals surface area contributed by atoms with E-state index in [1.807, 2.05) is 0 Å². The third kappa shape index (κ3) is 2.87. The Hall–Kier alpha value is -1.20. The third-order valence-electron chi connectivity index (χ3n) is 3.75. The number of hydrogen-bond acceptors (Lipinski definition) is 4. The van der Waals surface area contributed by atoms with E-state index in [0.717, 1.165) is 19.2 Å². The maximum Gasteiger partial charge on any atom is 0.222 e. The Bertz CT molecular complexity index is 505. The highest BCUT2D eigenvalue weighted by Crippen LogP contribution is 2.24. The van der Waals surface area contributed by atoms with Gasteiger partial charge in [-0.1, -0.05) is 0 Å². The molecule has 2 aliphatic heterocycles. The van der Waals surface area contributed by atoms with Crippen LogP contribution >= 0.6 is 11.6 Å². The lowest BCUT2D eigenvalue weighted by Crippen LogP contribution is -2.35. The molecule has 0 spiro atoms. The van der Waals surface area contributed by atoms with Gasteiger partial charge >= 0.3 is 0 Å². The van der Waals surface area contributed by atoms with E-state index >= 15 is 0 Å². The number of nitrogens with zero attached hydrogens (tertiary/aromatic N) is 3. The zero-order chi connectivity index (χ0) is 13.2. The van der Waals surface area contributed by atoms with Crippen LogP contribution in [0.3, 0.4) is 0 Å². The first-order chi connectivity index (χ1) is 9.22. The quantitative estimate of drug-likeness (QED) is 0.862. The monoisotopic (exact) mass is 282 g/mol. The lowest BCUT2D eigenvalue weighted by atomic mass is 10.1. The molecule has 1 N–H and O–H groups in total. The summed E-state index contributed by atoms with van der Waals surface area (Å²) >= 11 is 5.67. The lowest BCUT2D eigenvalue weighted by molar-refractivity contribution is 0.274. The first-order valence-corrected chi connectivity index (χ1v) is 6.96. The summed E-state index contributed by atoms with van der Waals surface area (Å²) in [6.07, 6.45) is 6.85. The van der Waals surface area contributed by atoms with Gasteiger partial charge in [-0.15, -0.1) is 0 Å². The molecule has 102 valence electrons. The van der Waals surface area contributed by atoms with E-state index < -0.39 is 5.82 Å². The number of rotatable bonds is 3. The summed E-state index contributed by atoms with van der Waals surface area (Å²) < 4.78 is 13.5. The van der Waals surface area contributed by atoms with Gasteiger partial charge in [-0.05, 0) is 43.5 Å². The van der Waals surface area contributed by atoms with E-state index in [1.54, 1.807) is 0 Å². The second kappa shape index (κ2) is 5.43. The minimum atomic E-state index is -0.421. The van der Waals surface area contributed by atoms with Crippen LogP contribution in [-0.2, 0) is 6.54 Å². The Morgan fingerprint density at radius 2 is 2.37 bits per heavy atom. The van der Waals surface area contributed by atoms with Crippen molar-refractivity contribution in [1.29, 1.82) is 0 Å². The molecule has 1 unspecified atom stereocenters. The van der Waals surface area contributed by atoms with E-state index in [2.05, 4.69) is 26.3 Å². The number of halogens is 2. The Morgan fingerprint density at radius 1 is 1.47 bits per heavy atom. The van der Waals surface area contributed by atoms with Gasteiger partial charge in [0.15, 0.2) is 5.82 Å². The fourth-order valence-corrected chi connectivity index (χ4v) is 2.90. The molecule has 1 atom stereocenters. The molecule has 19 heavy (non-hydrogen) atoms. The molecule has 2 aliphatic rings. The summed E-state index contributed by atoms with van der Waals surface area (Å²) in [5, 5.41) is 3.35.